The summed E-state index contributed by atoms with van der Waals surface area (Å²) >= 11 is 0. The molecule has 0 aliphatic heterocycles. The van der Waals surface area contributed by atoms with E-state index in [2.05, 4.69) is 11.8 Å². The molecule has 0 saturated carbocycles. The SMILES string of the molecule is CCN(CCCCOC)CC(C)C(=O)O. The number of unbranched alkanes of at least 4 members (excludes halogenated alkanes) is 1. The molecule has 90 valence electrons. The molecule has 0 radical (unpaired) electrons. The van der Waals surface area contributed by atoms with Crippen molar-refractivity contribution in [2.24, 2.45) is 5.92 Å². The lowest BCUT2D eigenvalue weighted by Gasteiger charge is -2.22. The largest absolute Gasteiger partial charge is 0.481 e. The van der Waals surface area contributed by atoms with E-state index in [1.807, 2.05) is 0 Å². The Morgan fingerprint density at radius 2 is 2.13 bits per heavy atom. The Hall–Kier alpha value is -0.610. The minimum atomic E-state index is -0.717. The second kappa shape index (κ2) is 8.68. The van der Waals surface area contributed by atoms with Gasteiger partial charge in [0.15, 0.2) is 0 Å². The monoisotopic (exact) mass is 217 g/mol. The van der Waals surface area contributed by atoms with Crippen molar-refractivity contribution in [3.8, 4) is 0 Å². The van der Waals surface area contributed by atoms with E-state index in [-0.39, 0.29) is 5.92 Å². The van der Waals surface area contributed by atoms with Crippen molar-refractivity contribution < 1.29 is 14.6 Å². The van der Waals surface area contributed by atoms with Crippen LogP contribution in [0.5, 0.6) is 0 Å². The number of rotatable bonds is 9. The third kappa shape index (κ3) is 7.33. The number of carboxylic acids is 1. The molecule has 0 bridgehead atoms. The van der Waals surface area contributed by atoms with E-state index < -0.39 is 5.97 Å². The van der Waals surface area contributed by atoms with Gasteiger partial charge in [0.1, 0.15) is 0 Å². The van der Waals surface area contributed by atoms with Crippen molar-refractivity contribution in [2.75, 3.05) is 33.4 Å². The molecular formula is C11H23NO3. The molecule has 1 unspecified atom stereocenters. The number of ether oxygens (including phenoxy) is 1. The summed E-state index contributed by atoms with van der Waals surface area (Å²) in [6.45, 7) is 7.10. The molecule has 0 spiro atoms. The zero-order valence-electron chi connectivity index (χ0n) is 10.0. The van der Waals surface area contributed by atoms with E-state index in [0.29, 0.717) is 6.54 Å². The molecule has 0 aromatic rings. The summed E-state index contributed by atoms with van der Waals surface area (Å²) in [5.74, 6) is -1.00. The second-order valence-electron chi connectivity index (χ2n) is 3.83. The number of hydrogen-bond donors (Lipinski definition) is 1. The van der Waals surface area contributed by atoms with Gasteiger partial charge < -0.3 is 14.7 Å². The third-order valence-electron chi connectivity index (χ3n) is 2.47. The molecule has 0 aromatic heterocycles. The van der Waals surface area contributed by atoms with Crippen LogP contribution in [0.3, 0.4) is 0 Å². The zero-order valence-corrected chi connectivity index (χ0v) is 10.0. The summed E-state index contributed by atoms with van der Waals surface area (Å²) in [7, 11) is 1.70. The summed E-state index contributed by atoms with van der Waals surface area (Å²) < 4.78 is 4.96. The normalized spacial score (nSPS) is 13.1. The van der Waals surface area contributed by atoms with Gasteiger partial charge in [-0.05, 0) is 25.9 Å². The van der Waals surface area contributed by atoms with E-state index >= 15 is 0 Å². The maximum Gasteiger partial charge on any atom is 0.307 e. The number of methoxy groups -OCH3 is 1. The fourth-order valence-electron chi connectivity index (χ4n) is 1.43. The maximum absolute atomic E-state index is 10.7. The lowest BCUT2D eigenvalue weighted by molar-refractivity contribution is -0.141. The lowest BCUT2D eigenvalue weighted by Crippen LogP contribution is -2.32. The molecular weight excluding hydrogens is 194 g/mol. The number of carboxylic acid groups (broad SMARTS) is 1. The fraction of sp³-hybridized carbons (Fsp3) is 0.909. The molecule has 0 aromatic carbocycles. The van der Waals surface area contributed by atoms with Gasteiger partial charge in [-0.3, -0.25) is 4.79 Å². The van der Waals surface area contributed by atoms with Crippen LogP contribution in [0.2, 0.25) is 0 Å². The molecule has 0 fully saturated rings. The van der Waals surface area contributed by atoms with E-state index in [1.165, 1.54) is 0 Å². The molecule has 0 saturated heterocycles. The summed E-state index contributed by atoms with van der Waals surface area (Å²) in [6.07, 6.45) is 2.10. The minimum absolute atomic E-state index is 0.285. The lowest BCUT2D eigenvalue weighted by atomic mass is 10.1. The molecule has 0 rings (SSSR count). The van der Waals surface area contributed by atoms with Crippen molar-refractivity contribution in [1.82, 2.24) is 4.90 Å². The molecule has 0 aliphatic rings. The van der Waals surface area contributed by atoms with Gasteiger partial charge in [-0.1, -0.05) is 13.8 Å². The van der Waals surface area contributed by atoms with Crippen LogP contribution in [-0.4, -0.2) is 49.3 Å². The van der Waals surface area contributed by atoms with Crippen LogP contribution in [0.15, 0.2) is 0 Å². The van der Waals surface area contributed by atoms with E-state index in [4.69, 9.17) is 9.84 Å². The number of nitrogens with zero attached hydrogens (tertiary/aromatic N) is 1. The van der Waals surface area contributed by atoms with Gasteiger partial charge in [-0.15, -0.1) is 0 Å². The van der Waals surface area contributed by atoms with Crippen LogP contribution in [0, 0.1) is 5.92 Å². The number of aliphatic carboxylic acids is 1. The van der Waals surface area contributed by atoms with Crippen molar-refractivity contribution in [1.29, 1.82) is 0 Å². The Balaban J connectivity index is 3.67. The van der Waals surface area contributed by atoms with Gasteiger partial charge in [0.05, 0.1) is 5.92 Å². The van der Waals surface area contributed by atoms with E-state index in [9.17, 15) is 4.79 Å². The van der Waals surface area contributed by atoms with Crippen LogP contribution in [0.25, 0.3) is 0 Å². The molecule has 0 amide bonds. The Morgan fingerprint density at radius 3 is 2.60 bits per heavy atom. The molecule has 0 heterocycles. The smallest absolute Gasteiger partial charge is 0.307 e. The van der Waals surface area contributed by atoms with Crippen molar-refractivity contribution in [3.63, 3.8) is 0 Å². The van der Waals surface area contributed by atoms with E-state index in [0.717, 1.165) is 32.5 Å². The third-order valence-corrected chi connectivity index (χ3v) is 2.47. The summed E-state index contributed by atoms with van der Waals surface area (Å²) in [5.41, 5.74) is 0. The quantitative estimate of drug-likeness (QED) is 0.594. The second-order valence-corrected chi connectivity index (χ2v) is 3.83. The molecule has 0 aliphatic carbocycles. The Labute approximate surface area is 92.2 Å². The highest BCUT2D eigenvalue weighted by Gasteiger charge is 2.14. The Morgan fingerprint density at radius 1 is 1.47 bits per heavy atom. The van der Waals surface area contributed by atoms with E-state index in [1.54, 1.807) is 14.0 Å². The van der Waals surface area contributed by atoms with Crippen LogP contribution in [-0.2, 0) is 9.53 Å². The Bertz CT molecular complexity index is 173. The molecule has 4 heteroatoms. The molecule has 1 N–H and O–H groups in total. The first-order valence-corrected chi connectivity index (χ1v) is 5.55. The predicted octanol–water partition coefficient (Wildman–Crippen LogP) is 1.46. The predicted molar refractivity (Wildman–Crippen MR) is 60.0 cm³/mol. The highest BCUT2D eigenvalue weighted by molar-refractivity contribution is 5.69. The Kier molecular flexibility index (Phi) is 8.33. The molecule has 4 nitrogen and oxygen atoms in total. The van der Waals surface area contributed by atoms with Crippen molar-refractivity contribution in [3.05, 3.63) is 0 Å². The van der Waals surface area contributed by atoms with Gasteiger partial charge in [0.25, 0.3) is 0 Å². The average Bonchev–Trinajstić information content (AvgIpc) is 2.22. The van der Waals surface area contributed by atoms with Crippen LogP contribution < -0.4 is 0 Å². The van der Waals surface area contributed by atoms with Gasteiger partial charge in [0.2, 0.25) is 0 Å². The average molecular weight is 217 g/mol. The first-order chi connectivity index (χ1) is 7.11. The number of hydrogen-bond acceptors (Lipinski definition) is 3. The topological polar surface area (TPSA) is 49.8 Å². The minimum Gasteiger partial charge on any atom is -0.481 e. The first-order valence-electron chi connectivity index (χ1n) is 5.55. The highest BCUT2D eigenvalue weighted by Crippen LogP contribution is 2.02. The standard InChI is InChI=1S/C11H23NO3/c1-4-12(7-5-6-8-15-3)9-10(2)11(13)14/h10H,4-9H2,1-3H3,(H,13,14). The van der Waals surface area contributed by atoms with Crippen LogP contribution in [0.1, 0.15) is 26.7 Å². The maximum atomic E-state index is 10.7. The summed E-state index contributed by atoms with van der Waals surface area (Å²) in [5, 5.41) is 8.79. The fourth-order valence-corrected chi connectivity index (χ4v) is 1.43. The van der Waals surface area contributed by atoms with Gasteiger partial charge in [-0.2, -0.15) is 0 Å². The molecule has 1 atom stereocenters. The van der Waals surface area contributed by atoms with Gasteiger partial charge in [0, 0.05) is 20.3 Å². The van der Waals surface area contributed by atoms with Crippen LogP contribution >= 0.6 is 0 Å². The summed E-state index contributed by atoms with van der Waals surface area (Å²) in [4.78, 5) is 12.9. The first kappa shape index (κ1) is 14.4. The van der Waals surface area contributed by atoms with Crippen molar-refractivity contribution >= 4 is 5.97 Å². The summed E-state index contributed by atoms with van der Waals surface area (Å²) in [6, 6.07) is 0. The van der Waals surface area contributed by atoms with Gasteiger partial charge in [-0.25, -0.2) is 0 Å². The van der Waals surface area contributed by atoms with Crippen LogP contribution in [0.4, 0.5) is 0 Å². The van der Waals surface area contributed by atoms with Gasteiger partial charge >= 0.3 is 5.97 Å². The van der Waals surface area contributed by atoms with Crippen molar-refractivity contribution in [2.45, 2.75) is 26.7 Å². The molecule has 15 heavy (non-hydrogen) atoms. The number of carbonyl (C=O) groups is 1. The highest BCUT2D eigenvalue weighted by atomic mass is 16.5. The zero-order chi connectivity index (χ0) is 11.7.